The minimum Gasteiger partial charge on any atom is -0.370 e. The molecule has 0 saturated carbocycles. The van der Waals surface area contributed by atoms with Crippen LogP contribution in [0.25, 0.3) is 10.9 Å². The van der Waals surface area contributed by atoms with E-state index in [1.165, 1.54) is 6.92 Å². The summed E-state index contributed by atoms with van der Waals surface area (Å²) in [4.78, 5) is 141. The van der Waals surface area contributed by atoms with Crippen molar-refractivity contribution in [3.8, 4) is 0 Å². The molecule has 424 valence electrons. The predicted molar refractivity (Wildman–Crippen MR) is 294 cm³/mol. The third-order valence-corrected chi connectivity index (χ3v) is 13.0. The number of nitrogens with one attached hydrogen (secondary N) is 7. The summed E-state index contributed by atoms with van der Waals surface area (Å²) in [6.45, 7) is 1.46. The first kappa shape index (κ1) is 62.0. The number of hydrogen-bond donors (Lipinski definition) is 14. The molecule has 21 N–H and O–H groups in total. The molecule has 1 aromatic heterocycles. The fourth-order valence-corrected chi connectivity index (χ4v) is 8.99. The Morgan fingerprint density at radius 2 is 1.27 bits per heavy atom. The van der Waals surface area contributed by atoms with Crippen LogP contribution >= 0.6 is 0 Å². The van der Waals surface area contributed by atoms with E-state index in [4.69, 9.17) is 40.1 Å². The number of nitrogens with two attached hydrogens (primary N) is 7. The number of amides is 7. The number of aliphatic imine (C=N–C) groups is 3. The van der Waals surface area contributed by atoms with Crippen LogP contribution < -0.4 is 72.0 Å². The van der Waals surface area contributed by atoms with Crippen molar-refractivity contribution in [2.75, 3.05) is 26.2 Å². The molecule has 0 aliphatic carbocycles. The number of aromatic nitrogens is 1. The Kier molecular flexibility index (Phi) is 25.5. The largest absolute Gasteiger partial charge is 0.370 e. The van der Waals surface area contributed by atoms with Crippen molar-refractivity contribution in [1.82, 2.24) is 36.9 Å². The normalized spacial score (nSPS) is 20.8. The number of primary amides is 1. The molecule has 26 heteroatoms. The molecule has 1 fully saturated rings. The van der Waals surface area contributed by atoms with E-state index in [-0.39, 0.29) is 121 Å². The molecular formula is C52H77N17O9. The molecule has 2 heterocycles. The second-order valence-corrected chi connectivity index (χ2v) is 19.3. The van der Waals surface area contributed by atoms with E-state index in [9.17, 15) is 43.2 Å². The van der Waals surface area contributed by atoms with Gasteiger partial charge < -0.3 is 77.0 Å². The zero-order valence-electron chi connectivity index (χ0n) is 44.1. The summed E-state index contributed by atoms with van der Waals surface area (Å²) in [6.07, 6.45) is 1.55. The average Bonchev–Trinajstić information content (AvgIpc) is 3.80. The van der Waals surface area contributed by atoms with Crippen LogP contribution in [0.3, 0.4) is 0 Å². The second-order valence-electron chi connectivity index (χ2n) is 19.3. The number of carbonyl (C=O) groups is 9. The number of para-hydroxylation sites is 1. The zero-order valence-corrected chi connectivity index (χ0v) is 44.1. The highest BCUT2D eigenvalue weighted by atomic mass is 16.2. The summed E-state index contributed by atoms with van der Waals surface area (Å²) < 4.78 is 0. The highest BCUT2D eigenvalue weighted by molar-refractivity contribution is 5.99. The van der Waals surface area contributed by atoms with Crippen molar-refractivity contribution in [2.45, 2.75) is 127 Å². The van der Waals surface area contributed by atoms with Crippen molar-refractivity contribution >= 4 is 81.7 Å². The van der Waals surface area contributed by atoms with Crippen LogP contribution in [0.4, 0.5) is 0 Å². The van der Waals surface area contributed by atoms with Gasteiger partial charge in [-0.3, -0.25) is 58.1 Å². The van der Waals surface area contributed by atoms with E-state index in [2.05, 4.69) is 51.9 Å². The van der Waals surface area contributed by atoms with Gasteiger partial charge in [-0.15, -0.1) is 0 Å². The fourth-order valence-electron chi connectivity index (χ4n) is 8.99. The summed E-state index contributed by atoms with van der Waals surface area (Å²) in [5.74, 6) is -9.05. The summed E-state index contributed by atoms with van der Waals surface area (Å²) in [6, 6.07) is 9.43. The molecule has 78 heavy (non-hydrogen) atoms. The average molecular weight is 1080 g/mol. The molecule has 2 aromatic carbocycles. The molecule has 4 rings (SSSR count). The van der Waals surface area contributed by atoms with E-state index in [0.717, 1.165) is 16.5 Å². The van der Waals surface area contributed by atoms with Crippen LogP contribution in [-0.2, 0) is 56.0 Å². The summed E-state index contributed by atoms with van der Waals surface area (Å²) in [5, 5.41) is 16.8. The number of ketones is 2. The van der Waals surface area contributed by atoms with Crippen molar-refractivity contribution in [3.63, 3.8) is 0 Å². The lowest BCUT2D eigenvalue weighted by Crippen LogP contribution is -2.58. The van der Waals surface area contributed by atoms with Crippen LogP contribution in [0, 0.1) is 11.8 Å². The number of carbonyl (C=O) groups excluding carboxylic acids is 9. The molecule has 1 aliphatic heterocycles. The Bertz CT molecular complexity index is 2630. The minimum absolute atomic E-state index is 0.0226. The standard InChI is InChI=1S/C52H77N17O9/c1-30(70)65-38(18-10-22-62-51(56)57)47(76)69-41-28-44(73)60-20-8-7-17-37(45(53)74)66-46(75)33(25-34-29-64-36-16-6-5-15-35(34)36)27-42(71)32(14-9-21-61-50(54)55)26-43(72)40(24-31-12-3-2-4-13-31)68-48(77)39(67-49(41)78)19-11-23-63-52(58)59/h2-6,12-13,15-16,29,32-33,37-41,64H,7-11,14,17-28H2,1H3,(H2,53,74)(H,60,73)(H,65,70)(H,66,75)(H,67,78)(H,68,77)(H,69,76)(H4,54,55,61)(H4,56,57,62)(H4,58,59,63)/t32-,33-,37+,38+,39-,40-,41+/m1/s1. The number of fused-ring (bicyclic) bond motifs is 1. The number of benzene rings is 2. The number of H-pyrrole nitrogens is 1. The molecule has 0 spiro atoms. The summed E-state index contributed by atoms with van der Waals surface area (Å²) >= 11 is 0. The number of nitrogens with zero attached hydrogens (tertiary/aromatic N) is 3. The number of aromatic amines is 1. The molecule has 0 radical (unpaired) electrons. The van der Waals surface area contributed by atoms with Crippen LogP contribution in [0.15, 0.2) is 75.8 Å². The van der Waals surface area contributed by atoms with Crippen molar-refractivity contribution in [3.05, 3.63) is 71.9 Å². The van der Waals surface area contributed by atoms with Crippen LogP contribution in [0.1, 0.15) is 95.1 Å². The molecule has 26 nitrogen and oxygen atoms in total. The summed E-state index contributed by atoms with van der Waals surface area (Å²) in [5.41, 5.74) is 41.3. The topological polar surface area (TPSA) is 461 Å². The Balaban J connectivity index is 1.80. The number of guanidine groups is 3. The number of Topliss-reactive ketones (excluding diaryl/α,β-unsaturated/α-hetero) is 2. The molecular weight excluding hydrogens is 1010 g/mol. The Morgan fingerprint density at radius 3 is 1.92 bits per heavy atom. The lowest BCUT2D eigenvalue weighted by molar-refractivity contribution is -0.136. The maximum Gasteiger partial charge on any atom is 0.243 e. The van der Waals surface area contributed by atoms with Crippen LogP contribution in [0.2, 0.25) is 0 Å². The van der Waals surface area contributed by atoms with Crippen molar-refractivity contribution < 1.29 is 43.2 Å². The third-order valence-electron chi connectivity index (χ3n) is 13.0. The van der Waals surface area contributed by atoms with Crippen molar-refractivity contribution in [2.24, 2.45) is 66.9 Å². The molecule has 7 atom stereocenters. The predicted octanol–water partition coefficient (Wildman–Crippen LogP) is -2.12. The van der Waals surface area contributed by atoms with Gasteiger partial charge in [0.25, 0.3) is 0 Å². The molecule has 7 amide bonds. The molecule has 0 unspecified atom stereocenters. The quantitative estimate of drug-likeness (QED) is 0.0327. The second kappa shape index (κ2) is 32.1. The maximum absolute atomic E-state index is 14.8. The first-order valence-electron chi connectivity index (χ1n) is 26.1. The van der Waals surface area contributed by atoms with Gasteiger partial charge in [0.2, 0.25) is 41.4 Å². The lowest BCUT2D eigenvalue weighted by atomic mass is 9.83. The third kappa shape index (κ3) is 21.9. The monoisotopic (exact) mass is 1080 g/mol. The van der Waals surface area contributed by atoms with Gasteiger partial charge in [-0.2, -0.15) is 0 Å². The Morgan fingerprint density at radius 1 is 0.654 bits per heavy atom. The number of hydrogen-bond acceptors (Lipinski definition) is 12. The van der Waals surface area contributed by atoms with Gasteiger partial charge in [-0.1, -0.05) is 48.5 Å². The maximum atomic E-state index is 14.8. The number of rotatable bonds is 20. The van der Waals surface area contributed by atoms with Crippen LogP contribution in [0.5, 0.6) is 0 Å². The van der Waals surface area contributed by atoms with E-state index in [0.29, 0.717) is 5.56 Å². The molecule has 3 aromatic rings. The zero-order chi connectivity index (χ0) is 57.1. The van der Waals surface area contributed by atoms with Gasteiger partial charge in [-0.25, -0.2) is 0 Å². The molecule has 1 saturated heterocycles. The van der Waals surface area contributed by atoms with Gasteiger partial charge in [0.1, 0.15) is 30.0 Å². The van der Waals surface area contributed by atoms with Crippen LogP contribution in [-0.4, -0.2) is 132 Å². The Labute approximate surface area is 452 Å². The van der Waals surface area contributed by atoms with Gasteiger partial charge in [0.15, 0.2) is 23.7 Å². The van der Waals surface area contributed by atoms with Gasteiger partial charge in [0.05, 0.1) is 12.5 Å². The molecule has 1 aliphatic rings. The fraction of sp³-hybridized carbons (Fsp3) is 0.500. The minimum atomic E-state index is -1.64. The van der Waals surface area contributed by atoms with Gasteiger partial charge in [0, 0.05) is 74.9 Å². The van der Waals surface area contributed by atoms with Gasteiger partial charge >= 0.3 is 0 Å². The van der Waals surface area contributed by atoms with Gasteiger partial charge in [-0.05, 0) is 87.8 Å². The summed E-state index contributed by atoms with van der Waals surface area (Å²) in [7, 11) is 0. The highest BCUT2D eigenvalue weighted by Gasteiger charge is 2.35. The van der Waals surface area contributed by atoms with Crippen molar-refractivity contribution in [1.29, 1.82) is 0 Å². The smallest absolute Gasteiger partial charge is 0.243 e. The first-order valence-corrected chi connectivity index (χ1v) is 26.1. The SMILES string of the molecule is CC(=O)N[C@@H](CCCN=C(N)N)C(=O)N[C@H]1CC(=O)NCCCC[C@@H](C(N)=O)NC(=O)[C@H](Cc2c[nH]c3ccccc23)CC(=O)[C@H](CCCN=C(N)N)CC(=O)[C@@H](Cc2ccccc2)NC(=O)[C@@H](CCCN=C(N)N)NC1=O. The molecule has 0 bridgehead atoms. The van der Waals surface area contributed by atoms with E-state index >= 15 is 0 Å². The first-order chi connectivity index (χ1) is 37.2. The highest BCUT2D eigenvalue weighted by Crippen LogP contribution is 2.26. The lowest BCUT2D eigenvalue weighted by Gasteiger charge is -2.27. The van der Waals surface area contributed by atoms with E-state index in [1.54, 1.807) is 36.5 Å². The van der Waals surface area contributed by atoms with E-state index in [1.807, 2.05) is 24.3 Å². The Hall–Kier alpha value is -8.58. The van der Waals surface area contributed by atoms with E-state index < -0.39 is 108 Å².